The number of thioether (sulfide) groups is 1. The smallest absolute Gasteiger partial charge is 0.237 e. The normalized spacial score (nSPS) is 16.8. The molecule has 1 aliphatic rings. The van der Waals surface area contributed by atoms with Crippen LogP contribution in [0.5, 0.6) is 5.75 Å². The van der Waals surface area contributed by atoms with Crippen LogP contribution in [-0.2, 0) is 11.3 Å². The van der Waals surface area contributed by atoms with Gasteiger partial charge in [0, 0.05) is 35.5 Å². The number of carbonyl (C=O) groups excluding carboxylic acids is 1. The van der Waals surface area contributed by atoms with Gasteiger partial charge < -0.3 is 9.64 Å². The molecule has 0 aliphatic carbocycles. The van der Waals surface area contributed by atoms with Gasteiger partial charge in [0.2, 0.25) is 5.91 Å². The number of rotatable bonds is 7. The molecule has 2 aromatic rings. The summed E-state index contributed by atoms with van der Waals surface area (Å²) in [6.45, 7) is 6.09. The van der Waals surface area contributed by atoms with Crippen LogP contribution in [0.4, 0.5) is 0 Å². The molecule has 150 valence electrons. The number of methoxy groups -OCH3 is 1. The zero-order chi connectivity index (χ0) is 20.1. The van der Waals surface area contributed by atoms with Gasteiger partial charge in [-0.2, -0.15) is 0 Å². The molecule has 1 atom stereocenters. The summed E-state index contributed by atoms with van der Waals surface area (Å²) in [5.74, 6) is 1.91. The lowest BCUT2D eigenvalue weighted by Crippen LogP contribution is -2.42. The van der Waals surface area contributed by atoms with E-state index in [0.717, 1.165) is 34.2 Å². The molecule has 1 saturated heterocycles. The second-order valence-corrected chi connectivity index (χ2v) is 8.78. The fourth-order valence-electron chi connectivity index (χ4n) is 3.35. The Bertz CT molecular complexity index is 815. The number of hydrogen-bond donors (Lipinski definition) is 0. The third-order valence-corrected chi connectivity index (χ3v) is 6.56. The minimum absolute atomic E-state index is 0.00738. The maximum atomic E-state index is 13.2. The fraction of sp³-hybridized carbons (Fsp3) is 0.409. The Balaban J connectivity index is 1.72. The molecule has 3 rings (SSSR count). The van der Waals surface area contributed by atoms with E-state index in [9.17, 15) is 4.79 Å². The van der Waals surface area contributed by atoms with E-state index in [0.29, 0.717) is 13.1 Å². The van der Waals surface area contributed by atoms with Gasteiger partial charge in [-0.15, -0.1) is 11.8 Å². The van der Waals surface area contributed by atoms with Gasteiger partial charge in [-0.05, 0) is 37.6 Å². The summed E-state index contributed by atoms with van der Waals surface area (Å²) in [4.78, 5) is 17.3. The zero-order valence-corrected chi connectivity index (χ0v) is 18.2. The highest BCUT2D eigenvalue weighted by molar-refractivity contribution is 7.99. The average molecular weight is 419 g/mol. The van der Waals surface area contributed by atoms with Crippen molar-refractivity contribution in [1.82, 2.24) is 9.80 Å². The van der Waals surface area contributed by atoms with Crippen LogP contribution in [0.3, 0.4) is 0 Å². The monoisotopic (exact) mass is 418 g/mol. The predicted octanol–water partition coefficient (Wildman–Crippen LogP) is 4.83. The van der Waals surface area contributed by atoms with E-state index >= 15 is 0 Å². The maximum Gasteiger partial charge on any atom is 0.237 e. The lowest BCUT2D eigenvalue weighted by molar-refractivity contribution is -0.133. The summed E-state index contributed by atoms with van der Waals surface area (Å²) in [5, 5.41) is 0.712. The van der Waals surface area contributed by atoms with Crippen molar-refractivity contribution >= 4 is 29.3 Å². The molecule has 1 heterocycles. The van der Waals surface area contributed by atoms with Crippen LogP contribution >= 0.6 is 23.4 Å². The fourth-order valence-corrected chi connectivity index (χ4v) is 4.97. The maximum absolute atomic E-state index is 13.2. The topological polar surface area (TPSA) is 32.8 Å². The average Bonchev–Trinajstić information content (AvgIpc) is 3.17. The number of amides is 1. The lowest BCUT2D eigenvalue weighted by Gasteiger charge is -2.31. The van der Waals surface area contributed by atoms with Gasteiger partial charge in [0.1, 0.15) is 11.1 Å². The van der Waals surface area contributed by atoms with E-state index in [-0.39, 0.29) is 17.3 Å². The van der Waals surface area contributed by atoms with Crippen LogP contribution in [-0.4, -0.2) is 47.7 Å². The van der Waals surface area contributed by atoms with Gasteiger partial charge in [-0.25, -0.2) is 0 Å². The number of benzene rings is 2. The van der Waals surface area contributed by atoms with Crippen molar-refractivity contribution in [2.24, 2.45) is 0 Å². The third kappa shape index (κ3) is 5.02. The highest BCUT2D eigenvalue weighted by Crippen LogP contribution is 2.40. The summed E-state index contributed by atoms with van der Waals surface area (Å²) in [6, 6.07) is 16.1. The summed E-state index contributed by atoms with van der Waals surface area (Å²) in [6.07, 6.45) is 0. The predicted molar refractivity (Wildman–Crippen MR) is 117 cm³/mol. The molecule has 2 aromatic carbocycles. The number of halogens is 1. The molecule has 6 heteroatoms. The van der Waals surface area contributed by atoms with Crippen LogP contribution in [0, 0.1) is 0 Å². The second-order valence-electron chi connectivity index (χ2n) is 7.18. The standard InChI is InChI=1S/C22H27ClN2O2S/c1-16(2)24(14-17-7-6-8-18(13-17)27-3)15-21(26)25-11-12-28-22(25)19-9-4-5-10-20(19)23/h4-10,13,16,22H,11-12,14-15H2,1-3H3/t22-/m0/s1. The van der Waals surface area contributed by atoms with Crippen molar-refractivity contribution in [3.63, 3.8) is 0 Å². The molecule has 0 aromatic heterocycles. The first-order valence-electron chi connectivity index (χ1n) is 9.52. The number of carbonyl (C=O) groups is 1. The van der Waals surface area contributed by atoms with Gasteiger partial charge in [-0.3, -0.25) is 9.69 Å². The lowest BCUT2D eigenvalue weighted by atomic mass is 10.1. The van der Waals surface area contributed by atoms with Gasteiger partial charge in [0.15, 0.2) is 0 Å². The molecule has 0 spiro atoms. The Hall–Kier alpha value is -1.69. The van der Waals surface area contributed by atoms with Crippen molar-refractivity contribution in [3.05, 3.63) is 64.7 Å². The van der Waals surface area contributed by atoms with E-state index in [1.165, 1.54) is 0 Å². The number of hydrogen-bond acceptors (Lipinski definition) is 4. The first-order valence-corrected chi connectivity index (χ1v) is 10.9. The van der Waals surface area contributed by atoms with E-state index in [1.807, 2.05) is 47.4 Å². The van der Waals surface area contributed by atoms with Gasteiger partial charge in [-0.1, -0.05) is 41.9 Å². The quantitative estimate of drug-likeness (QED) is 0.644. The summed E-state index contributed by atoms with van der Waals surface area (Å²) < 4.78 is 5.32. The summed E-state index contributed by atoms with van der Waals surface area (Å²) >= 11 is 8.17. The van der Waals surface area contributed by atoms with Crippen LogP contribution < -0.4 is 4.74 Å². The van der Waals surface area contributed by atoms with Gasteiger partial charge in [0.05, 0.1) is 13.7 Å². The highest BCUT2D eigenvalue weighted by Gasteiger charge is 2.32. The highest BCUT2D eigenvalue weighted by atomic mass is 35.5. The molecule has 4 nitrogen and oxygen atoms in total. The van der Waals surface area contributed by atoms with E-state index in [2.05, 4.69) is 24.8 Å². The second kappa shape index (κ2) is 9.68. The Morgan fingerprint density at radius 2 is 2.07 bits per heavy atom. The van der Waals surface area contributed by atoms with Gasteiger partial charge in [0.25, 0.3) is 0 Å². The van der Waals surface area contributed by atoms with Crippen LogP contribution in [0.15, 0.2) is 48.5 Å². The third-order valence-electron chi connectivity index (χ3n) is 4.97. The minimum atomic E-state index is -0.00738. The minimum Gasteiger partial charge on any atom is -0.497 e. The molecule has 0 radical (unpaired) electrons. The van der Waals surface area contributed by atoms with Crippen LogP contribution in [0.1, 0.15) is 30.3 Å². The molecule has 1 aliphatic heterocycles. The van der Waals surface area contributed by atoms with E-state index in [4.69, 9.17) is 16.3 Å². The molecule has 0 bridgehead atoms. The van der Waals surface area contributed by atoms with Crippen molar-refractivity contribution < 1.29 is 9.53 Å². The molecule has 0 unspecified atom stereocenters. The van der Waals surface area contributed by atoms with Crippen molar-refractivity contribution in [1.29, 1.82) is 0 Å². The first kappa shape index (κ1) is 21.0. The van der Waals surface area contributed by atoms with Crippen molar-refractivity contribution in [2.75, 3.05) is 26.0 Å². The molecular weight excluding hydrogens is 392 g/mol. The SMILES string of the molecule is COc1cccc(CN(CC(=O)N2CCS[C@H]2c2ccccc2Cl)C(C)C)c1. The first-order chi connectivity index (χ1) is 13.5. The van der Waals surface area contributed by atoms with Crippen molar-refractivity contribution in [2.45, 2.75) is 31.8 Å². The van der Waals surface area contributed by atoms with Crippen LogP contribution in [0.25, 0.3) is 0 Å². The van der Waals surface area contributed by atoms with Crippen LogP contribution in [0.2, 0.25) is 5.02 Å². The molecular formula is C22H27ClN2O2S. The molecule has 0 saturated carbocycles. The summed E-state index contributed by atoms with van der Waals surface area (Å²) in [7, 11) is 1.67. The number of ether oxygens (including phenoxy) is 1. The summed E-state index contributed by atoms with van der Waals surface area (Å²) in [5.41, 5.74) is 2.16. The molecule has 1 fully saturated rings. The Kier molecular flexibility index (Phi) is 7.27. The zero-order valence-electron chi connectivity index (χ0n) is 16.6. The Labute approximate surface area is 176 Å². The Morgan fingerprint density at radius 1 is 1.29 bits per heavy atom. The van der Waals surface area contributed by atoms with E-state index < -0.39 is 0 Å². The number of nitrogens with zero attached hydrogens (tertiary/aromatic N) is 2. The van der Waals surface area contributed by atoms with E-state index in [1.54, 1.807) is 18.9 Å². The molecule has 1 amide bonds. The van der Waals surface area contributed by atoms with Gasteiger partial charge >= 0.3 is 0 Å². The Morgan fingerprint density at radius 3 is 2.79 bits per heavy atom. The van der Waals surface area contributed by atoms with Crippen molar-refractivity contribution in [3.8, 4) is 5.75 Å². The molecule has 28 heavy (non-hydrogen) atoms. The largest absolute Gasteiger partial charge is 0.497 e. The molecule has 0 N–H and O–H groups in total.